The van der Waals surface area contributed by atoms with Gasteiger partial charge in [0.2, 0.25) is 5.91 Å². The quantitative estimate of drug-likeness (QED) is 0.654. The molecule has 1 aromatic heterocycles. The minimum absolute atomic E-state index is 0.365. The van der Waals surface area contributed by atoms with Crippen molar-refractivity contribution < 1.29 is 4.79 Å². The van der Waals surface area contributed by atoms with E-state index >= 15 is 0 Å². The molecule has 86 valence electrons. The van der Waals surface area contributed by atoms with Crippen LogP contribution in [0.5, 0.6) is 0 Å². The third-order valence-electron chi connectivity index (χ3n) is 2.46. The highest BCUT2D eigenvalue weighted by Crippen LogP contribution is 2.23. The number of fused-ring (bicyclic) bond motifs is 1. The van der Waals surface area contributed by atoms with Gasteiger partial charge in [0, 0.05) is 17.0 Å². The molecule has 0 aliphatic carbocycles. The van der Waals surface area contributed by atoms with Crippen molar-refractivity contribution in [3.05, 3.63) is 46.6 Å². The molecule has 4 heteroatoms. The highest BCUT2D eigenvalue weighted by atomic mass is 35.5. The zero-order chi connectivity index (χ0) is 12.4. The van der Waals surface area contributed by atoms with E-state index < -0.39 is 5.91 Å². The fourth-order valence-corrected chi connectivity index (χ4v) is 1.83. The average Bonchev–Trinajstić information content (AvgIpc) is 2.28. The number of hydrogen-bond donors (Lipinski definition) is 1. The third-order valence-corrected chi connectivity index (χ3v) is 2.76. The van der Waals surface area contributed by atoms with E-state index in [0.717, 1.165) is 16.5 Å². The molecule has 3 nitrogen and oxygen atoms in total. The van der Waals surface area contributed by atoms with Crippen LogP contribution in [0, 0.1) is 6.92 Å². The predicted molar refractivity (Wildman–Crippen MR) is 69.7 cm³/mol. The monoisotopic (exact) mass is 246 g/mol. The molecule has 0 saturated carbocycles. The number of halogens is 1. The smallest absolute Gasteiger partial charge is 0.241 e. The summed E-state index contributed by atoms with van der Waals surface area (Å²) >= 11 is 6.04. The van der Waals surface area contributed by atoms with Gasteiger partial charge in [0.1, 0.15) is 5.15 Å². The van der Waals surface area contributed by atoms with Gasteiger partial charge in [0.25, 0.3) is 0 Å². The fraction of sp³-hybridized carbons (Fsp3) is 0.0769. The van der Waals surface area contributed by atoms with Crippen LogP contribution in [0.15, 0.2) is 30.3 Å². The van der Waals surface area contributed by atoms with Gasteiger partial charge in [-0.05, 0) is 24.6 Å². The highest BCUT2D eigenvalue weighted by Gasteiger charge is 2.04. The third kappa shape index (κ3) is 2.45. The molecule has 0 aliphatic heterocycles. The topological polar surface area (TPSA) is 56.0 Å². The van der Waals surface area contributed by atoms with Crippen LogP contribution in [-0.4, -0.2) is 10.9 Å². The number of benzene rings is 1. The number of para-hydroxylation sites is 1. The molecule has 0 bridgehead atoms. The molecule has 2 rings (SSSR count). The number of aryl methyl sites for hydroxylation is 1. The average molecular weight is 247 g/mol. The number of pyridine rings is 1. The Kier molecular flexibility index (Phi) is 3.11. The van der Waals surface area contributed by atoms with Crippen LogP contribution in [0.4, 0.5) is 0 Å². The summed E-state index contributed by atoms with van der Waals surface area (Å²) in [5, 5.41) is 1.35. The molecular formula is C13H11ClN2O. The first-order valence-corrected chi connectivity index (χ1v) is 5.49. The van der Waals surface area contributed by atoms with Gasteiger partial charge in [-0.2, -0.15) is 0 Å². The van der Waals surface area contributed by atoms with Crippen molar-refractivity contribution in [1.29, 1.82) is 0 Å². The summed E-state index contributed by atoms with van der Waals surface area (Å²) in [7, 11) is 0. The highest BCUT2D eigenvalue weighted by molar-refractivity contribution is 6.31. The van der Waals surface area contributed by atoms with Crippen LogP contribution in [0.2, 0.25) is 5.15 Å². The summed E-state index contributed by atoms with van der Waals surface area (Å²) in [4.78, 5) is 15.0. The molecule has 1 heterocycles. The lowest BCUT2D eigenvalue weighted by molar-refractivity contribution is -0.113. The maximum Gasteiger partial charge on any atom is 0.241 e. The Bertz CT molecular complexity index is 620. The number of primary amides is 1. The van der Waals surface area contributed by atoms with Crippen LogP contribution in [0.1, 0.15) is 11.1 Å². The van der Waals surface area contributed by atoms with Crippen LogP contribution in [0.3, 0.4) is 0 Å². The number of nitrogens with zero attached hydrogens (tertiary/aromatic N) is 1. The molecule has 0 atom stereocenters. The zero-order valence-corrected chi connectivity index (χ0v) is 10.0. The molecule has 2 N–H and O–H groups in total. The van der Waals surface area contributed by atoms with E-state index in [1.165, 1.54) is 6.08 Å². The number of hydrogen-bond acceptors (Lipinski definition) is 2. The molecule has 0 saturated heterocycles. The first-order chi connectivity index (χ1) is 8.08. The van der Waals surface area contributed by atoms with Crippen molar-refractivity contribution in [2.75, 3.05) is 0 Å². The second kappa shape index (κ2) is 4.55. The summed E-state index contributed by atoms with van der Waals surface area (Å²) in [5.41, 5.74) is 7.66. The van der Waals surface area contributed by atoms with E-state index in [1.54, 1.807) is 6.08 Å². The molecule has 0 fully saturated rings. The van der Waals surface area contributed by atoms with Gasteiger partial charge in [-0.3, -0.25) is 4.79 Å². The first-order valence-electron chi connectivity index (χ1n) is 5.11. The number of aromatic nitrogens is 1. The number of nitrogens with two attached hydrogens (primary N) is 1. The maximum absolute atomic E-state index is 10.7. The van der Waals surface area contributed by atoms with Crippen molar-refractivity contribution in [2.45, 2.75) is 6.92 Å². The minimum Gasteiger partial charge on any atom is -0.366 e. The normalized spacial score (nSPS) is 11.2. The molecule has 17 heavy (non-hydrogen) atoms. The second-order valence-corrected chi connectivity index (χ2v) is 4.11. The Morgan fingerprint density at radius 2 is 2.24 bits per heavy atom. The van der Waals surface area contributed by atoms with E-state index in [1.807, 2.05) is 31.2 Å². The van der Waals surface area contributed by atoms with Crippen molar-refractivity contribution in [3.8, 4) is 0 Å². The number of amides is 1. The van der Waals surface area contributed by atoms with Gasteiger partial charge in [-0.25, -0.2) is 4.98 Å². The molecule has 0 aliphatic rings. The Morgan fingerprint density at radius 3 is 2.94 bits per heavy atom. The lowest BCUT2D eigenvalue weighted by Crippen LogP contribution is -2.05. The van der Waals surface area contributed by atoms with Crippen LogP contribution in [0.25, 0.3) is 17.0 Å². The maximum atomic E-state index is 10.7. The molecule has 1 aromatic carbocycles. The number of carbonyl (C=O) groups is 1. The lowest BCUT2D eigenvalue weighted by atomic mass is 10.1. The first kappa shape index (κ1) is 11.6. The summed E-state index contributed by atoms with van der Waals surface area (Å²) in [6.07, 6.45) is 2.84. The molecule has 0 unspecified atom stereocenters. The van der Waals surface area contributed by atoms with Gasteiger partial charge in [-0.1, -0.05) is 29.8 Å². The minimum atomic E-state index is -0.509. The molecular weight excluding hydrogens is 236 g/mol. The van der Waals surface area contributed by atoms with Crippen LogP contribution in [-0.2, 0) is 4.79 Å². The summed E-state index contributed by atoms with van der Waals surface area (Å²) < 4.78 is 0. The Hall–Kier alpha value is -1.87. The summed E-state index contributed by atoms with van der Waals surface area (Å²) in [5.74, 6) is -0.509. The van der Waals surface area contributed by atoms with Gasteiger partial charge in [0.15, 0.2) is 0 Å². The predicted octanol–water partition coefficient (Wildman–Crippen LogP) is 2.70. The Labute approximate surface area is 104 Å². The largest absolute Gasteiger partial charge is 0.366 e. The van der Waals surface area contributed by atoms with Crippen molar-refractivity contribution >= 4 is 34.5 Å². The van der Waals surface area contributed by atoms with E-state index in [-0.39, 0.29) is 0 Å². The lowest BCUT2D eigenvalue weighted by Gasteiger charge is -2.04. The Balaban J connectivity index is 2.60. The van der Waals surface area contributed by atoms with Crippen molar-refractivity contribution in [2.24, 2.45) is 5.73 Å². The van der Waals surface area contributed by atoms with Gasteiger partial charge in [0.05, 0.1) is 5.52 Å². The van der Waals surface area contributed by atoms with E-state index in [0.29, 0.717) is 10.7 Å². The summed E-state index contributed by atoms with van der Waals surface area (Å²) in [6, 6.07) is 7.77. The van der Waals surface area contributed by atoms with Crippen LogP contribution < -0.4 is 5.73 Å². The number of carbonyl (C=O) groups excluding carboxylic acids is 1. The SMILES string of the molecule is Cc1cccc2cc(C=CC(N)=O)c(Cl)nc12. The van der Waals surface area contributed by atoms with Crippen molar-refractivity contribution in [3.63, 3.8) is 0 Å². The van der Waals surface area contributed by atoms with E-state index in [2.05, 4.69) is 4.98 Å². The van der Waals surface area contributed by atoms with E-state index in [9.17, 15) is 4.79 Å². The van der Waals surface area contributed by atoms with Gasteiger partial charge < -0.3 is 5.73 Å². The van der Waals surface area contributed by atoms with Gasteiger partial charge in [-0.15, -0.1) is 0 Å². The summed E-state index contributed by atoms with van der Waals surface area (Å²) in [6.45, 7) is 1.98. The zero-order valence-electron chi connectivity index (χ0n) is 9.27. The van der Waals surface area contributed by atoms with E-state index in [4.69, 9.17) is 17.3 Å². The molecule has 1 amide bonds. The van der Waals surface area contributed by atoms with Crippen molar-refractivity contribution in [1.82, 2.24) is 4.98 Å². The Morgan fingerprint density at radius 1 is 1.47 bits per heavy atom. The van der Waals surface area contributed by atoms with Crippen LogP contribution >= 0.6 is 11.6 Å². The molecule has 0 radical (unpaired) electrons. The molecule has 2 aromatic rings. The second-order valence-electron chi connectivity index (χ2n) is 3.75. The van der Waals surface area contributed by atoms with Gasteiger partial charge >= 0.3 is 0 Å². The molecule has 0 spiro atoms. The fourth-order valence-electron chi connectivity index (χ4n) is 1.63. The standard InChI is InChI=1S/C13H11ClN2O/c1-8-3-2-4-9-7-10(5-6-11(15)17)13(14)16-12(8)9/h2-7H,1H3,(H2,15,17). The number of rotatable bonds is 2.